The number of nitrogens with zero attached hydrogens (tertiary/aromatic N) is 1. The normalized spacial score (nSPS) is 10.7. The molecule has 0 atom stereocenters. The van der Waals surface area contributed by atoms with Gasteiger partial charge in [0.1, 0.15) is 11.5 Å². The molecule has 3 rings (SSSR count). The maximum atomic E-state index is 11.1. The number of para-hydroxylation sites is 1. The monoisotopic (exact) mass is 265 g/mol. The summed E-state index contributed by atoms with van der Waals surface area (Å²) < 4.78 is 7.73. The van der Waals surface area contributed by atoms with E-state index in [1.807, 2.05) is 67.1 Å². The van der Waals surface area contributed by atoms with E-state index >= 15 is 0 Å². The van der Waals surface area contributed by atoms with Crippen LogP contribution in [0.25, 0.3) is 10.9 Å². The highest BCUT2D eigenvalue weighted by Gasteiger charge is 2.11. The fourth-order valence-electron chi connectivity index (χ4n) is 2.48. The standard InChI is InChI=1S/C17H15NO2/c1-12-15-10-14(20-13-6-4-3-5-7-13)8-9-16(15)18(2)17(12)11-19/h3-11H,1-2H3. The Morgan fingerprint density at radius 3 is 2.50 bits per heavy atom. The van der Waals surface area contributed by atoms with E-state index in [-0.39, 0.29) is 0 Å². The Bertz CT molecular complexity index is 773. The van der Waals surface area contributed by atoms with E-state index in [0.29, 0.717) is 5.69 Å². The molecule has 0 N–H and O–H groups in total. The van der Waals surface area contributed by atoms with Gasteiger partial charge in [-0.2, -0.15) is 0 Å². The first-order chi connectivity index (χ1) is 9.70. The van der Waals surface area contributed by atoms with Gasteiger partial charge in [-0.15, -0.1) is 0 Å². The lowest BCUT2D eigenvalue weighted by atomic mass is 10.1. The lowest BCUT2D eigenvalue weighted by Crippen LogP contribution is -1.94. The van der Waals surface area contributed by atoms with Gasteiger partial charge >= 0.3 is 0 Å². The predicted octanol–water partition coefficient (Wildman–Crippen LogP) is 4.09. The topological polar surface area (TPSA) is 31.2 Å². The van der Waals surface area contributed by atoms with Crippen LogP contribution in [0, 0.1) is 6.92 Å². The fraction of sp³-hybridized carbons (Fsp3) is 0.118. The molecule has 0 bridgehead atoms. The summed E-state index contributed by atoms with van der Waals surface area (Å²) in [5.41, 5.74) is 2.72. The fourth-order valence-corrected chi connectivity index (χ4v) is 2.48. The highest BCUT2D eigenvalue weighted by Crippen LogP contribution is 2.29. The summed E-state index contributed by atoms with van der Waals surface area (Å²) in [6.45, 7) is 1.96. The average Bonchev–Trinajstić information content (AvgIpc) is 2.71. The largest absolute Gasteiger partial charge is 0.457 e. The number of rotatable bonds is 3. The Kier molecular flexibility index (Phi) is 3.03. The van der Waals surface area contributed by atoms with E-state index in [1.54, 1.807) is 0 Å². The van der Waals surface area contributed by atoms with Crippen LogP contribution < -0.4 is 4.74 Å². The van der Waals surface area contributed by atoms with E-state index in [2.05, 4.69) is 0 Å². The number of benzene rings is 2. The number of fused-ring (bicyclic) bond motifs is 1. The number of aryl methyl sites for hydroxylation is 2. The Labute approximate surface area is 117 Å². The molecule has 0 saturated heterocycles. The number of hydrogen-bond donors (Lipinski definition) is 0. The average molecular weight is 265 g/mol. The van der Waals surface area contributed by atoms with Crippen molar-refractivity contribution in [2.24, 2.45) is 7.05 Å². The van der Waals surface area contributed by atoms with Crippen molar-refractivity contribution in [3.8, 4) is 11.5 Å². The molecule has 0 spiro atoms. The van der Waals surface area contributed by atoms with Crippen molar-refractivity contribution in [3.63, 3.8) is 0 Å². The molecule has 1 heterocycles. The van der Waals surface area contributed by atoms with E-state index in [4.69, 9.17) is 4.74 Å². The zero-order valence-corrected chi connectivity index (χ0v) is 11.5. The summed E-state index contributed by atoms with van der Waals surface area (Å²) in [5.74, 6) is 1.57. The minimum atomic E-state index is 0.705. The number of aromatic nitrogens is 1. The van der Waals surface area contributed by atoms with Gasteiger partial charge in [0.15, 0.2) is 6.29 Å². The number of aldehydes is 1. The molecule has 0 unspecified atom stereocenters. The second kappa shape index (κ2) is 4.85. The summed E-state index contributed by atoms with van der Waals surface area (Å²) in [6.07, 6.45) is 0.896. The lowest BCUT2D eigenvalue weighted by Gasteiger charge is -2.06. The number of carbonyl (C=O) groups is 1. The van der Waals surface area contributed by atoms with E-state index in [9.17, 15) is 4.79 Å². The van der Waals surface area contributed by atoms with Crippen molar-refractivity contribution in [1.82, 2.24) is 4.57 Å². The molecule has 2 aromatic carbocycles. The van der Waals surface area contributed by atoms with Crippen LogP contribution in [0.5, 0.6) is 11.5 Å². The smallest absolute Gasteiger partial charge is 0.166 e. The Balaban J connectivity index is 2.07. The van der Waals surface area contributed by atoms with Crippen molar-refractivity contribution in [2.45, 2.75) is 6.92 Å². The molecule has 1 aromatic heterocycles. The van der Waals surface area contributed by atoms with Crippen LogP contribution in [0.2, 0.25) is 0 Å². The Morgan fingerprint density at radius 2 is 1.80 bits per heavy atom. The SMILES string of the molecule is Cc1c(C=O)n(C)c2ccc(Oc3ccccc3)cc12. The second-order valence-electron chi connectivity index (χ2n) is 4.78. The first-order valence-corrected chi connectivity index (χ1v) is 6.48. The van der Waals surface area contributed by atoms with Gasteiger partial charge in [0, 0.05) is 18.0 Å². The number of hydrogen-bond acceptors (Lipinski definition) is 2. The third-order valence-electron chi connectivity index (χ3n) is 3.57. The maximum Gasteiger partial charge on any atom is 0.166 e. The van der Waals surface area contributed by atoms with Gasteiger partial charge in [-0.1, -0.05) is 18.2 Å². The first-order valence-electron chi connectivity index (χ1n) is 6.48. The third kappa shape index (κ3) is 1.97. The van der Waals surface area contributed by atoms with Crippen LogP contribution >= 0.6 is 0 Å². The summed E-state index contributed by atoms with van der Waals surface area (Å²) in [4.78, 5) is 11.1. The van der Waals surface area contributed by atoms with Gasteiger partial charge in [-0.25, -0.2) is 0 Å². The van der Waals surface area contributed by atoms with Crippen LogP contribution in [-0.2, 0) is 7.05 Å². The van der Waals surface area contributed by atoms with Gasteiger partial charge < -0.3 is 9.30 Å². The van der Waals surface area contributed by atoms with Crippen LogP contribution in [-0.4, -0.2) is 10.9 Å². The summed E-state index contributed by atoms with van der Waals surface area (Å²) in [7, 11) is 1.90. The lowest BCUT2D eigenvalue weighted by molar-refractivity contribution is 0.111. The van der Waals surface area contributed by atoms with Crippen molar-refractivity contribution in [2.75, 3.05) is 0 Å². The first kappa shape index (κ1) is 12.5. The molecule has 3 heteroatoms. The highest BCUT2D eigenvalue weighted by atomic mass is 16.5. The Morgan fingerprint density at radius 1 is 1.05 bits per heavy atom. The van der Waals surface area contributed by atoms with Crippen molar-refractivity contribution >= 4 is 17.2 Å². The van der Waals surface area contributed by atoms with E-state index < -0.39 is 0 Å². The van der Waals surface area contributed by atoms with Crippen LogP contribution in [0.15, 0.2) is 48.5 Å². The van der Waals surface area contributed by atoms with E-state index in [1.165, 1.54) is 0 Å². The predicted molar refractivity (Wildman–Crippen MR) is 79.6 cm³/mol. The molecule has 0 aliphatic rings. The van der Waals surface area contributed by atoms with Crippen molar-refractivity contribution in [3.05, 3.63) is 59.8 Å². The molecule has 3 nitrogen and oxygen atoms in total. The van der Waals surface area contributed by atoms with Gasteiger partial charge in [0.05, 0.1) is 5.69 Å². The molecule has 0 radical (unpaired) electrons. The molecule has 0 amide bonds. The molecule has 3 aromatic rings. The molecular formula is C17H15NO2. The van der Waals surface area contributed by atoms with Crippen LogP contribution in [0.4, 0.5) is 0 Å². The molecule has 0 fully saturated rings. The third-order valence-corrected chi connectivity index (χ3v) is 3.57. The minimum absolute atomic E-state index is 0.705. The van der Waals surface area contributed by atoms with Crippen molar-refractivity contribution < 1.29 is 9.53 Å². The Hall–Kier alpha value is -2.55. The molecule has 100 valence electrons. The van der Waals surface area contributed by atoms with Gasteiger partial charge in [0.2, 0.25) is 0 Å². The van der Waals surface area contributed by atoms with Gasteiger partial charge in [-0.3, -0.25) is 4.79 Å². The molecule has 20 heavy (non-hydrogen) atoms. The zero-order chi connectivity index (χ0) is 14.1. The summed E-state index contributed by atoms with van der Waals surface area (Å²) >= 11 is 0. The summed E-state index contributed by atoms with van der Waals surface area (Å²) in [6, 6.07) is 15.5. The van der Waals surface area contributed by atoms with Gasteiger partial charge in [-0.05, 0) is 42.8 Å². The summed E-state index contributed by atoms with van der Waals surface area (Å²) in [5, 5.41) is 1.04. The number of carbonyl (C=O) groups excluding carboxylic acids is 1. The van der Waals surface area contributed by atoms with Gasteiger partial charge in [0.25, 0.3) is 0 Å². The highest BCUT2D eigenvalue weighted by molar-refractivity contribution is 5.93. The number of ether oxygens (including phenoxy) is 1. The second-order valence-corrected chi connectivity index (χ2v) is 4.78. The quantitative estimate of drug-likeness (QED) is 0.668. The molecular weight excluding hydrogens is 250 g/mol. The van der Waals surface area contributed by atoms with Crippen molar-refractivity contribution in [1.29, 1.82) is 0 Å². The molecule has 0 saturated carbocycles. The van der Waals surface area contributed by atoms with Crippen LogP contribution in [0.1, 0.15) is 16.1 Å². The maximum absolute atomic E-state index is 11.1. The minimum Gasteiger partial charge on any atom is -0.457 e. The van der Waals surface area contributed by atoms with E-state index in [0.717, 1.165) is 34.3 Å². The zero-order valence-electron chi connectivity index (χ0n) is 11.5. The van der Waals surface area contributed by atoms with Crippen LogP contribution in [0.3, 0.4) is 0 Å². The molecule has 0 aliphatic heterocycles. The molecule has 0 aliphatic carbocycles.